The van der Waals surface area contributed by atoms with E-state index in [-0.39, 0.29) is 6.61 Å². The number of ether oxygens (including phenoxy) is 1. The maximum absolute atomic E-state index is 12.3. The van der Waals surface area contributed by atoms with Crippen molar-refractivity contribution in [3.8, 4) is 5.75 Å². The molecular weight excluding hydrogens is 346 g/mol. The number of nitrogens with one attached hydrogen (secondary N) is 2. The number of rotatable bonds is 5. The number of nitrogens with zero attached hydrogens (tertiary/aromatic N) is 1. The molecule has 0 atom stereocenters. The highest BCUT2D eigenvalue weighted by Crippen LogP contribution is 2.18. The lowest BCUT2D eigenvalue weighted by molar-refractivity contribution is 0.0846. The summed E-state index contributed by atoms with van der Waals surface area (Å²) < 4.78 is 10.8. The van der Waals surface area contributed by atoms with Gasteiger partial charge in [-0.3, -0.25) is 20.4 Å². The Morgan fingerprint density at radius 1 is 0.963 bits per heavy atom. The third-order valence-electron chi connectivity index (χ3n) is 3.99. The molecular formula is C20H19N3O4. The average molecular weight is 365 g/mol. The zero-order valence-corrected chi connectivity index (χ0v) is 15.0. The van der Waals surface area contributed by atoms with Crippen LogP contribution in [0.3, 0.4) is 0 Å². The van der Waals surface area contributed by atoms with Gasteiger partial charge in [0, 0.05) is 11.1 Å². The van der Waals surface area contributed by atoms with Crippen molar-refractivity contribution in [2.45, 2.75) is 20.5 Å². The second-order valence-electron chi connectivity index (χ2n) is 5.89. The molecule has 1 aromatic heterocycles. The lowest BCUT2D eigenvalue weighted by Gasteiger charge is -2.09. The van der Waals surface area contributed by atoms with Gasteiger partial charge in [-0.25, -0.2) is 0 Å². The topological polar surface area (TPSA) is 93.5 Å². The minimum absolute atomic E-state index is 0.289. The van der Waals surface area contributed by atoms with E-state index < -0.39 is 11.8 Å². The van der Waals surface area contributed by atoms with Gasteiger partial charge in [-0.2, -0.15) is 0 Å². The molecule has 0 bridgehead atoms. The van der Waals surface area contributed by atoms with Crippen molar-refractivity contribution in [3.05, 3.63) is 82.7 Å². The Balaban J connectivity index is 1.59. The van der Waals surface area contributed by atoms with Crippen LogP contribution in [-0.4, -0.2) is 17.0 Å². The summed E-state index contributed by atoms with van der Waals surface area (Å²) in [4.78, 5) is 24.2. The molecule has 0 aliphatic heterocycles. The Kier molecular flexibility index (Phi) is 5.51. The van der Waals surface area contributed by atoms with Gasteiger partial charge in [0.05, 0.1) is 11.3 Å². The van der Waals surface area contributed by atoms with Gasteiger partial charge in [0.15, 0.2) is 0 Å². The molecule has 0 saturated heterocycles. The number of benzene rings is 2. The quantitative estimate of drug-likeness (QED) is 0.678. The first-order valence-electron chi connectivity index (χ1n) is 8.35. The molecule has 0 saturated carbocycles. The third kappa shape index (κ3) is 4.52. The molecule has 1 heterocycles. The van der Waals surface area contributed by atoms with Crippen molar-refractivity contribution in [2.75, 3.05) is 0 Å². The third-order valence-corrected chi connectivity index (χ3v) is 3.99. The highest BCUT2D eigenvalue weighted by molar-refractivity contribution is 5.99. The van der Waals surface area contributed by atoms with Gasteiger partial charge in [-0.05, 0) is 44.2 Å². The number of hydrogen-bond donors (Lipinski definition) is 2. The van der Waals surface area contributed by atoms with E-state index in [2.05, 4.69) is 16.0 Å². The van der Waals surface area contributed by atoms with Crippen LogP contribution in [-0.2, 0) is 6.61 Å². The van der Waals surface area contributed by atoms with Crippen molar-refractivity contribution in [1.29, 1.82) is 0 Å². The molecule has 2 N–H and O–H groups in total. The lowest BCUT2D eigenvalue weighted by Crippen LogP contribution is -2.41. The highest BCUT2D eigenvalue weighted by Gasteiger charge is 2.12. The van der Waals surface area contributed by atoms with Crippen LogP contribution in [0.2, 0.25) is 0 Å². The Labute approximate surface area is 156 Å². The van der Waals surface area contributed by atoms with Crippen molar-refractivity contribution in [3.63, 3.8) is 0 Å². The van der Waals surface area contributed by atoms with Crippen molar-refractivity contribution in [2.24, 2.45) is 0 Å². The smallest absolute Gasteiger partial charge is 0.269 e. The second-order valence-corrected chi connectivity index (χ2v) is 5.89. The number of amides is 2. The standard InChI is InChI=1S/C20H19N3O4/c1-13-18(14(2)27-23-13)12-26-17-10-6-9-16(11-17)20(25)22-21-19(24)15-7-4-3-5-8-15/h3-11H,12H2,1-2H3,(H,21,24)(H,22,25). The van der Waals surface area contributed by atoms with Crippen LogP contribution < -0.4 is 15.6 Å². The van der Waals surface area contributed by atoms with Gasteiger partial charge in [0.25, 0.3) is 11.8 Å². The van der Waals surface area contributed by atoms with E-state index in [0.29, 0.717) is 22.6 Å². The molecule has 0 fully saturated rings. The first-order chi connectivity index (χ1) is 13.0. The van der Waals surface area contributed by atoms with E-state index >= 15 is 0 Å². The SMILES string of the molecule is Cc1noc(C)c1COc1cccc(C(=O)NNC(=O)c2ccccc2)c1. The molecule has 27 heavy (non-hydrogen) atoms. The zero-order valence-electron chi connectivity index (χ0n) is 15.0. The van der Waals surface area contributed by atoms with E-state index in [1.165, 1.54) is 0 Å². The summed E-state index contributed by atoms with van der Waals surface area (Å²) in [5, 5.41) is 3.88. The Hall–Kier alpha value is -3.61. The predicted molar refractivity (Wildman–Crippen MR) is 98.1 cm³/mol. The van der Waals surface area contributed by atoms with Crippen LogP contribution in [0, 0.1) is 13.8 Å². The van der Waals surface area contributed by atoms with Crippen LogP contribution in [0.1, 0.15) is 37.7 Å². The summed E-state index contributed by atoms with van der Waals surface area (Å²) in [5.74, 6) is 0.388. The van der Waals surface area contributed by atoms with E-state index in [1.54, 1.807) is 48.5 Å². The largest absolute Gasteiger partial charge is 0.489 e. The fraction of sp³-hybridized carbons (Fsp3) is 0.150. The molecule has 0 spiro atoms. The second kappa shape index (κ2) is 8.18. The molecule has 2 aromatic carbocycles. The Morgan fingerprint density at radius 2 is 1.63 bits per heavy atom. The molecule has 2 amide bonds. The number of aryl methyl sites for hydroxylation is 2. The summed E-state index contributed by atoms with van der Waals surface area (Å²) in [6, 6.07) is 15.3. The number of carbonyl (C=O) groups is 2. The monoisotopic (exact) mass is 365 g/mol. The minimum atomic E-state index is -0.443. The van der Waals surface area contributed by atoms with Gasteiger partial charge in [-0.15, -0.1) is 0 Å². The first kappa shape index (κ1) is 18.2. The molecule has 3 aromatic rings. The summed E-state index contributed by atoms with van der Waals surface area (Å²) in [6.07, 6.45) is 0. The molecule has 138 valence electrons. The van der Waals surface area contributed by atoms with Gasteiger partial charge < -0.3 is 9.26 Å². The van der Waals surface area contributed by atoms with Gasteiger partial charge in [0.2, 0.25) is 0 Å². The Morgan fingerprint density at radius 3 is 2.30 bits per heavy atom. The van der Waals surface area contributed by atoms with Gasteiger partial charge >= 0.3 is 0 Å². The van der Waals surface area contributed by atoms with E-state index in [0.717, 1.165) is 11.3 Å². The van der Waals surface area contributed by atoms with Crippen molar-refractivity contribution < 1.29 is 18.8 Å². The maximum Gasteiger partial charge on any atom is 0.269 e. The lowest BCUT2D eigenvalue weighted by atomic mass is 10.2. The molecule has 0 aliphatic rings. The van der Waals surface area contributed by atoms with Crippen LogP contribution in [0.4, 0.5) is 0 Å². The van der Waals surface area contributed by atoms with Crippen molar-refractivity contribution in [1.82, 2.24) is 16.0 Å². The van der Waals surface area contributed by atoms with E-state index in [1.807, 2.05) is 19.9 Å². The maximum atomic E-state index is 12.3. The van der Waals surface area contributed by atoms with Gasteiger partial charge in [0.1, 0.15) is 18.1 Å². The van der Waals surface area contributed by atoms with E-state index in [9.17, 15) is 9.59 Å². The molecule has 7 heteroatoms. The molecule has 0 unspecified atom stereocenters. The summed E-state index contributed by atoms with van der Waals surface area (Å²) in [6.45, 7) is 3.95. The zero-order chi connectivity index (χ0) is 19.2. The fourth-order valence-corrected chi connectivity index (χ4v) is 2.44. The summed E-state index contributed by atoms with van der Waals surface area (Å²) in [7, 11) is 0. The predicted octanol–water partition coefficient (Wildman–Crippen LogP) is 2.95. The number of hydrogen-bond acceptors (Lipinski definition) is 5. The van der Waals surface area contributed by atoms with Gasteiger partial charge in [-0.1, -0.05) is 29.4 Å². The number of carbonyl (C=O) groups excluding carboxylic acids is 2. The van der Waals surface area contributed by atoms with Crippen LogP contribution >= 0.6 is 0 Å². The summed E-state index contributed by atoms with van der Waals surface area (Å²) in [5.41, 5.74) is 7.24. The normalized spacial score (nSPS) is 10.3. The van der Waals surface area contributed by atoms with E-state index in [4.69, 9.17) is 9.26 Å². The number of aromatic nitrogens is 1. The van der Waals surface area contributed by atoms with Crippen LogP contribution in [0.15, 0.2) is 59.1 Å². The fourth-order valence-electron chi connectivity index (χ4n) is 2.44. The average Bonchev–Trinajstić information content (AvgIpc) is 3.02. The highest BCUT2D eigenvalue weighted by atomic mass is 16.5. The molecule has 0 aliphatic carbocycles. The molecule has 0 radical (unpaired) electrons. The molecule has 7 nitrogen and oxygen atoms in total. The minimum Gasteiger partial charge on any atom is -0.489 e. The van der Waals surface area contributed by atoms with Crippen molar-refractivity contribution >= 4 is 11.8 Å². The van der Waals surface area contributed by atoms with Crippen LogP contribution in [0.25, 0.3) is 0 Å². The number of hydrazine groups is 1. The van der Waals surface area contributed by atoms with Crippen LogP contribution in [0.5, 0.6) is 5.75 Å². The Bertz CT molecular complexity index is 931. The first-order valence-corrected chi connectivity index (χ1v) is 8.35. The summed E-state index contributed by atoms with van der Waals surface area (Å²) >= 11 is 0. The molecule has 3 rings (SSSR count).